The fraction of sp³-hybridized carbons (Fsp3) is 0.286. The Bertz CT molecular complexity index is 550. The molecule has 1 aromatic carbocycles. The minimum atomic E-state index is -0.407. The van der Waals surface area contributed by atoms with Crippen LogP contribution in [-0.2, 0) is 0 Å². The van der Waals surface area contributed by atoms with Crippen LogP contribution in [0.2, 0.25) is 0 Å². The molecule has 0 bridgehead atoms. The van der Waals surface area contributed by atoms with Crippen LogP contribution in [0.4, 0.5) is 11.4 Å². The second kappa shape index (κ2) is 6.21. The Balaban J connectivity index is 2.01. The lowest BCUT2D eigenvalue weighted by molar-refractivity contribution is -0.384. The molecule has 0 aliphatic rings. The van der Waals surface area contributed by atoms with Gasteiger partial charge in [0.25, 0.3) is 5.69 Å². The highest BCUT2D eigenvalue weighted by Crippen LogP contribution is 2.21. The van der Waals surface area contributed by atoms with Crippen LogP contribution in [0, 0.1) is 10.1 Å². The van der Waals surface area contributed by atoms with Gasteiger partial charge in [0, 0.05) is 24.4 Å². The number of rotatable bonds is 6. The summed E-state index contributed by atoms with van der Waals surface area (Å²) in [5, 5.41) is 13.8. The molecule has 0 radical (unpaired) electrons. The number of nitro benzene ring substituents is 1. The van der Waals surface area contributed by atoms with Crippen molar-refractivity contribution in [3.05, 3.63) is 58.5 Å². The monoisotopic (exact) mass is 275 g/mol. The van der Waals surface area contributed by atoms with E-state index in [1.807, 2.05) is 26.2 Å². The summed E-state index contributed by atoms with van der Waals surface area (Å²) >= 11 is 0. The summed E-state index contributed by atoms with van der Waals surface area (Å²) in [4.78, 5) is 12.2. The Morgan fingerprint density at radius 3 is 2.50 bits per heavy atom. The molecule has 0 saturated heterocycles. The van der Waals surface area contributed by atoms with Crippen LogP contribution in [0.5, 0.6) is 0 Å². The molecule has 20 heavy (non-hydrogen) atoms. The first-order chi connectivity index (χ1) is 9.58. The zero-order valence-electron chi connectivity index (χ0n) is 11.4. The van der Waals surface area contributed by atoms with E-state index in [4.69, 9.17) is 4.42 Å². The van der Waals surface area contributed by atoms with Gasteiger partial charge in [-0.2, -0.15) is 0 Å². The van der Waals surface area contributed by atoms with Crippen molar-refractivity contribution >= 4 is 11.4 Å². The molecule has 0 saturated carbocycles. The summed E-state index contributed by atoms with van der Waals surface area (Å²) < 4.78 is 5.42. The molecule has 1 N–H and O–H groups in total. The quantitative estimate of drug-likeness (QED) is 0.648. The minimum Gasteiger partial charge on any atom is -0.468 e. The highest BCUT2D eigenvalue weighted by molar-refractivity contribution is 5.48. The molecule has 1 heterocycles. The predicted molar refractivity (Wildman–Crippen MR) is 76.7 cm³/mol. The smallest absolute Gasteiger partial charge is 0.269 e. The Labute approximate surface area is 117 Å². The standard InChI is InChI=1S/C14H17N3O3/c1-16(2)13(14-4-3-9-20-14)10-15-11-5-7-12(8-6-11)17(18)19/h3-9,13,15H,10H2,1-2H3. The Morgan fingerprint density at radius 1 is 1.30 bits per heavy atom. The molecule has 1 aromatic heterocycles. The van der Waals surface area contributed by atoms with Gasteiger partial charge in [-0.3, -0.25) is 15.0 Å². The van der Waals surface area contributed by atoms with E-state index >= 15 is 0 Å². The first-order valence-electron chi connectivity index (χ1n) is 6.26. The number of hydrogen-bond donors (Lipinski definition) is 1. The van der Waals surface area contributed by atoms with E-state index < -0.39 is 4.92 Å². The average molecular weight is 275 g/mol. The Kier molecular flexibility index (Phi) is 4.37. The van der Waals surface area contributed by atoms with Crippen molar-refractivity contribution in [3.8, 4) is 0 Å². The number of nitro groups is 1. The molecule has 1 atom stereocenters. The summed E-state index contributed by atoms with van der Waals surface area (Å²) in [6, 6.07) is 10.3. The van der Waals surface area contributed by atoms with E-state index in [-0.39, 0.29) is 11.7 Å². The van der Waals surface area contributed by atoms with Crippen molar-refractivity contribution in [2.45, 2.75) is 6.04 Å². The number of nitrogens with zero attached hydrogens (tertiary/aromatic N) is 2. The van der Waals surface area contributed by atoms with Crippen molar-refractivity contribution < 1.29 is 9.34 Å². The van der Waals surface area contributed by atoms with E-state index in [1.165, 1.54) is 12.1 Å². The summed E-state index contributed by atoms with van der Waals surface area (Å²) in [6.07, 6.45) is 1.65. The van der Waals surface area contributed by atoms with Crippen molar-refractivity contribution in [2.75, 3.05) is 26.0 Å². The molecular weight excluding hydrogens is 258 g/mol. The molecule has 0 aliphatic heterocycles. The van der Waals surface area contributed by atoms with Gasteiger partial charge < -0.3 is 9.73 Å². The topological polar surface area (TPSA) is 71.5 Å². The summed E-state index contributed by atoms with van der Waals surface area (Å²) in [7, 11) is 3.95. The van der Waals surface area contributed by atoms with Crippen LogP contribution in [-0.4, -0.2) is 30.5 Å². The molecule has 2 rings (SSSR count). The van der Waals surface area contributed by atoms with Gasteiger partial charge in [-0.05, 0) is 38.4 Å². The molecule has 1 unspecified atom stereocenters. The number of non-ortho nitro benzene ring substituents is 1. The highest BCUT2D eigenvalue weighted by atomic mass is 16.6. The van der Waals surface area contributed by atoms with Crippen LogP contribution in [0.25, 0.3) is 0 Å². The number of anilines is 1. The molecule has 2 aromatic rings. The molecule has 0 spiro atoms. The first kappa shape index (κ1) is 14.1. The maximum absolute atomic E-state index is 10.6. The maximum atomic E-state index is 10.6. The number of nitrogens with one attached hydrogen (secondary N) is 1. The zero-order chi connectivity index (χ0) is 14.5. The van der Waals surface area contributed by atoms with Gasteiger partial charge in [0.2, 0.25) is 0 Å². The lowest BCUT2D eigenvalue weighted by atomic mass is 10.2. The third-order valence-electron chi connectivity index (χ3n) is 3.07. The second-order valence-electron chi connectivity index (χ2n) is 4.68. The van der Waals surface area contributed by atoms with Crippen LogP contribution < -0.4 is 5.32 Å². The summed E-state index contributed by atoms with van der Waals surface area (Å²) in [5.41, 5.74) is 0.930. The number of furan rings is 1. The van der Waals surface area contributed by atoms with Gasteiger partial charge in [-0.1, -0.05) is 0 Å². The zero-order valence-corrected chi connectivity index (χ0v) is 11.4. The fourth-order valence-corrected chi connectivity index (χ4v) is 1.93. The fourth-order valence-electron chi connectivity index (χ4n) is 1.93. The highest BCUT2D eigenvalue weighted by Gasteiger charge is 2.16. The van der Waals surface area contributed by atoms with Crippen LogP contribution in [0.1, 0.15) is 11.8 Å². The molecule has 0 amide bonds. The van der Waals surface area contributed by atoms with E-state index in [2.05, 4.69) is 10.2 Å². The SMILES string of the molecule is CN(C)C(CNc1ccc([N+](=O)[O-])cc1)c1ccco1. The van der Waals surface area contributed by atoms with E-state index in [1.54, 1.807) is 18.4 Å². The van der Waals surface area contributed by atoms with Gasteiger partial charge in [-0.25, -0.2) is 0 Å². The molecule has 0 fully saturated rings. The van der Waals surface area contributed by atoms with Gasteiger partial charge >= 0.3 is 0 Å². The van der Waals surface area contributed by atoms with Crippen LogP contribution >= 0.6 is 0 Å². The van der Waals surface area contributed by atoms with E-state index in [0.717, 1.165) is 11.4 Å². The van der Waals surface area contributed by atoms with Gasteiger partial charge in [0.15, 0.2) is 0 Å². The largest absolute Gasteiger partial charge is 0.468 e. The number of likely N-dealkylation sites (N-methyl/N-ethyl adjacent to an activating group) is 1. The van der Waals surface area contributed by atoms with E-state index in [9.17, 15) is 10.1 Å². The van der Waals surface area contributed by atoms with E-state index in [0.29, 0.717) is 6.54 Å². The normalized spacial score (nSPS) is 12.3. The molecule has 106 valence electrons. The number of hydrogen-bond acceptors (Lipinski definition) is 5. The first-order valence-corrected chi connectivity index (χ1v) is 6.26. The third kappa shape index (κ3) is 3.36. The van der Waals surface area contributed by atoms with Crippen molar-refractivity contribution in [3.63, 3.8) is 0 Å². The Morgan fingerprint density at radius 2 is 2.00 bits per heavy atom. The minimum absolute atomic E-state index is 0.0887. The maximum Gasteiger partial charge on any atom is 0.269 e. The Hall–Kier alpha value is -2.34. The van der Waals surface area contributed by atoms with Crippen molar-refractivity contribution in [1.82, 2.24) is 4.90 Å². The summed E-state index contributed by atoms with van der Waals surface area (Å²) in [6.45, 7) is 0.651. The van der Waals surface area contributed by atoms with Crippen LogP contribution in [0.3, 0.4) is 0 Å². The third-order valence-corrected chi connectivity index (χ3v) is 3.07. The summed E-state index contributed by atoms with van der Waals surface area (Å²) in [5.74, 6) is 0.879. The van der Waals surface area contributed by atoms with Gasteiger partial charge in [0.1, 0.15) is 5.76 Å². The van der Waals surface area contributed by atoms with Crippen molar-refractivity contribution in [2.24, 2.45) is 0 Å². The molecular formula is C14H17N3O3. The lowest BCUT2D eigenvalue weighted by Crippen LogP contribution is -2.26. The molecule has 6 heteroatoms. The van der Waals surface area contributed by atoms with Crippen molar-refractivity contribution in [1.29, 1.82) is 0 Å². The molecule has 6 nitrogen and oxygen atoms in total. The second-order valence-corrected chi connectivity index (χ2v) is 4.68. The predicted octanol–water partition coefficient (Wildman–Crippen LogP) is 2.90. The van der Waals surface area contributed by atoms with Gasteiger partial charge in [0.05, 0.1) is 17.2 Å². The molecule has 0 aliphatic carbocycles. The number of benzene rings is 1. The van der Waals surface area contributed by atoms with Gasteiger partial charge in [-0.15, -0.1) is 0 Å². The average Bonchev–Trinajstić information content (AvgIpc) is 2.93. The lowest BCUT2D eigenvalue weighted by Gasteiger charge is -2.23. The van der Waals surface area contributed by atoms with Crippen LogP contribution in [0.15, 0.2) is 47.1 Å².